The largest absolute Gasteiger partial charge is 0.388 e. The van der Waals surface area contributed by atoms with Crippen molar-refractivity contribution in [3.63, 3.8) is 0 Å². The SMILES string of the molecule is OC1c2ccccc2CC1Cc1sccc1Br. The first-order valence-electron chi connectivity index (χ1n) is 5.73. The van der Waals surface area contributed by atoms with E-state index in [1.807, 2.05) is 12.1 Å². The molecule has 0 saturated carbocycles. The van der Waals surface area contributed by atoms with Gasteiger partial charge in [-0.2, -0.15) is 0 Å². The molecular formula is C14H13BrOS. The molecule has 1 aliphatic rings. The number of hydrogen-bond acceptors (Lipinski definition) is 2. The van der Waals surface area contributed by atoms with Crippen molar-refractivity contribution in [1.82, 2.24) is 0 Å². The second kappa shape index (κ2) is 4.56. The zero-order valence-corrected chi connectivity index (χ0v) is 11.7. The van der Waals surface area contributed by atoms with Gasteiger partial charge in [0, 0.05) is 9.35 Å². The molecular weight excluding hydrogens is 296 g/mol. The highest BCUT2D eigenvalue weighted by Gasteiger charge is 2.31. The molecule has 1 aliphatic carbocycles. The maximum Gasteiger partial charge on any atom is 0.0827 e. The maximum absolute atomic E-state index is 10.3. The Morgan fingerprint density at radius 3 is 2.82 bits per heavy atom. The Morgan fingerprint density at radius 2 is 2.12 bits per heavy atom. The van der Waals surface area contributed by atoms with E-state index >= 15 is 0 Å². The second-order valence-electron chi connectivity index (χ2n) is 4.50. The molecule has 2 aromatic rings. The van der Waals surface area contributed by atoms with Gasteiger partial charge in [-0.1, -0.05) is 24.3 Å². The second-order valence-corrected chi connectivity index (χ2v) is 6.36. The summed E-state index contributed by atoms with van der Waals surface area (Å²) in [6.07, 6.45) is 1.63. The summed E-state index contributed by atoms with van der Waals surface area (Å²) in [6, 6.07) is 10.3. The highest BCUT2D eigenvalue weighted by Crippen LogP contribution is 2.39. The molecule has 0 amide bonds. The molecule has 3 heteroatoms. The molecule has 1 nitrogen and oxygen atoms in total. The minimum absolute atomic E-state index is 0.305. The van der Waals surface area contributed by atoms with Crippen LogP contribution in [-0.2, 0) is 12.8 Å². The molecule has 0 radical (unpaired) electrons. The molecule has 0 aliphatic heterocycles. The summed E-state index contributed by atoms with van der Waals surface area (Å²) < 4.78 is 1.17. The number of aliphatic hydroxyl groups excluding tert-OH is 1. The third-order valence-electron chi connectivity index (χ3n) is 3.44. The average Bonchev–Trinajstić information content (AvgIpc) is 2.87. The molecule has 0 bridgehead atoms. The summed E-state index contributed by atoms with van der Waals surface area (Å²) in [7, 11) is 0. The zero-order valence-electron chi connectivity index (χ0n) is 9.27. The van der Waals surface area contributed by atoms with Crippen LogP contribution >= 0.6 is 27.3 Å². The van der Waals surface area contributed by atoms with Gasteiger partial charge in [-0.25, -0.2) is 0 Å². The van der Waals surface area contributed by atoms with Crippen LogP contribution in [0.2, 0.25) is 0 Å². The first kappa shape index (κ1) is 11.5. The van der Waals surface area contributed by atoms with Crippen molar-refractivity contribution in [2.45, 2.75) is 18.9 Å². The van der Waals surface area contributed by atoms with E-state index in [1.165, 1.54) is 14.9 Å². The van der Waals surface area contributed by atoms with Crippen LogP contribution < -0.4 is 0 Å². The third kappa shape index (κ3) is 2.07. The monoisotopic (exact) mass is 308 g/mol. The van der Waals surface area contributed by atoms with Gasteiger partial charge >= 0.3 is 0 Å². The van der Waals surface area contributed by atoms with Crippen LogP contribution in [0, 0.1) is 5.92 Å². The fraction of sp³-hybridized carbons (Fsp3) is 0.286. The van der Waals surface area contributed by atoms with Gasteiger partial charge in [-0.3, -0.25) is 0 Å². The third-order valence-corrected chi connectivity index (χ3v) is 5.39. The number of hydrogen-bond donors (Lipinski definition) is 1. The highest BCUT2D eigenvalue weighted by molar-refractivity contribution is 9.10. The van der Waals surface area contributed by atoms with Crippen molar-refractivity contribution in [2.24, 2.45) is 5.92 Å². The predicted octanol–water partition coefficient (Wildman–Crippen LogP) is 3.96. The van der Waals surface area contributed by atoms with Crippen molar-refractivity contribution in [3.05, 3.63) is 56.2 Å². The molecule has 3 rings (SSSR count). The molecule has 1 aromatic carbocycles. The standard InChI is InChI=1S/C14H13BrOS/c15-12-5-6-17-13(12)8-10-7-9-3-1-2-4-11(9)14(10)16/h1-6,10,14,16H,7-8H2. The van der Waals surface area contributed by atoms with Crippen LogP contribution in [0.15, 0.2) is 40.2 Å². The topological polar surface area (TPSA) is 20.2 Å². The zero-order chi connectivity index (χ0) is 11.8. The number of benzene rings is 1. The van der Waals surface area contributed by atoms with Gasteiger partial charge in [0.1, 0.15) is 0 Å². The lowest BCUT2D eigenvalue weighted by Crippen LogP contribution is -2.09. The first-order valence-corrected chi connectivity index (χ1v) is 7.40. The van der Waals surface area contributed by atoms with Gasteiger partial charge in [0.25, 0.3) is 0 Å². The van der Waals surface area contributed by atoms with E-state index in [0.29, 0.717) is 5.92 Å². The number of aliphatic hydroxyl groups is 1. The Hall–Kier alpha value is -0.640. The van der Waals surface area contributed by atoms with Crippen LogP contribution in [-0.4, -0.2) is 5.11 Å². The summed E-state index contributed by atoms with van der Waals surface area (Å²) in [5.74, 6) is 0.322. The summed E-state index contributed by atoms with van der Waals surface area (Å²) >= 11 is 5.32. The summed E-state index contributed by atoms with van der Waals surface area (Å²) in [6.45, 7) is 0. The molecule has 1 heterocycles. The van der Waals surface area contributed by atoms with E-state index in [-0.39, 0.29) is 6.10 Å². The summed E-state index contributed by atoms with van der Waals surface area (Å²) in [5.41, 5.74) is 2.42. The van der Waals surface area contributed by atoms with Crippen LogP contribution in [0.3, 0.4) is 0 Å². The number of thiophene rings is 1. The highest BCUT2D eigenvalue weighted by atomic mass is 79.9. The van der Waals surface area contributed by atoms with E-state index < -0.39 is 0 Å². The fourth-order valence-corrected chi connectivity index (χ4v) is 4.16. The lowest BCUT2D eigenvalue weighted by atomic mass is 9.99. The van der Waals surface area contributed by atoms with E-state index in [0.717, 1.165) is 18.4 Å². The van der Waals surface area contributed by atoms with Crippen LogP contribution in [0.4, 0.5) is 0 Å². The lowest BCUT2D eigenvalue weighted by Gasteiger charge is -2.14. The maximum atomic E-state index is 10.3. The predicted molar refractivity (Wildman–Crippen MR) is 74.3 cm³/mol. The quantitative estimate of drug-likeness (QED) is 0.890. The van der Waals surface area contributed by atoms with Crippen molar-refractivity contribution < 1.29 is 5.11 Å². The van der Waals surface area contributed by atoms with E-state index in [1.54, 1.807) is 11.3 Å². The lowest BCUT2D eigenvalue weighted by molar-refractivity contribution is 0.123. The van der Waals surface area contributed by atoms with Crippen molar-refractivity contribution in [1.29, 1.82) is 0 Å². The molecule has 0 spiro atoms. The molecule has 17 heavy (non-hydrogen) atoms. The van der Waals surface area contributed by atoms with Gasteiger partial charge in [-0.15, -0.1) is 11.3 Å². The summed E-state index contributed by atoms with van der Waals surface area (Å²) in [5, 5.41) is 12.4. The van der Waals surface area contributed by atoms with Crippen LogP contribution in [0.5, 0.6) is 0 Å². The van der Waals surface area contributed by atoms with Crippen molar-refractivity contribution >= 4 is 27.3 Å². The number of halogens is 1. The van der Waals surface area contributed by atoms with Crippen molar-refractivity contribution in [2.75, 3.05) is 0 Å². The van der Waals surface area contributed by atoms with Crippen LogP contribution in [0.25, 0.3) is 0 Å². The molecule has 1 aromatic heterocycles. The smallest absolute Gasteiger partial charge is 0.0827 e. The average molecular weight is 309 g/mol. The van der Waals surface area contributed by atoms with Gasteiger partial charge in [-0.05, 0) is 57.3 Å². The molecule has 2 unspecified atom stereocenters. The van der Waals surface area contributed by atoms with E-state index in [2.05, 4.69) is 39.5 Å². The Bertz CT molecular complexity index is 535. The van der Waals surface area contributed by atoms with Gasteiger partial charge < -0.3 is 5.11 Å². The van der Waals surface area contributed by atoms with Gasteiger partial charge in [0.05, 0.1) is 6.10 Å². The first-order chi connectivity index (χ1) is 8.25. The fourth-order valence-electron chi connectivity index (χ4n) is 2.55. The molecule has 1 N–H and O–H groups in total. The minimum atomic E-state index is -0.305. The van der Waals surface area contributed by atoms with Gasteiger partial charge in [0.2, 0.25) is 0 Å². The number of rotatable bonds is 2. The summed E-state index contributed by atoms with van der Waals surface area (Å²) in [4.78, 5) is 1.34. The minimum Gasteiger partial charge on any atom is -0.388 e. The van der Waals surface area contributed by atoms with E-state index in [4.69, 9.17) is 0 Å². The molecule has 88 valence electrons. The van der Waals surface area contributed by atoms with Gasteiger partial charge in [0.15, 0.2) is 0 Å². The molecule has 0 saturated heterocycles. The Balaban J connectivity index is 1.83. The Morgan fingerprint density at radius 1 is 1.29 bits per heavy atom. The normalized spacial score (nSPS) is 22.7. The Kier molecular flexibility index (Phi) is 3.07. The molecule has 2 atom stereocenters. The molecule has 0 fully saturated rings. The number of fused-ring (bicyclic) bond motifs is 1. The van der Waals surface area contributed by atoms with Crippen LogP contribution in [0.1, 0.15) is 22.1 Å². The van der Waals surface area contributed by atoms with Crippen molar-refractivity contribution in [3.8, 4) is 0 Å². The Labute approximate surface area is 113 Å². The van der Waals surface area contributed by atoms with E-state index in [9.17, 15) is 5.11 Å².